The average Bonchev–Trinajstić information content (AvgIpc) is 3.16. The van der Waals surface area contributed by atoms with Crippen LogP contribution >= 0.6 is 11.6 Å². The molecule has 5 rings (SSSR count). The summed E-state index contributed by atoms with van der Waals surface area (Å²) in [5.74, 6) is -1.60. The van der Waals surface area contributed by atoms with Crippen molar-refractivity contribution in [2.75, 3.05) is 0 Å². The van der Waals surface area contributed by atoms with Crippen LogP contribution in [0.3, 0.4) is 0 Å². The Kier molecular flexibility index (Phi) is 6.29. The van der Waals surface area contributed by atoms with E-state index >= 15 is 0 Å². The molecule has 37 heavy (non-hydrogen) atoms. The molecule has 1 atom stereocenters. The van der Waals surface area contributed by atoms with E-state index in [9.17, 15) is 18.7 Å². The Morgan fingerprint density at radius 2 is 1.92 bits per heavy atom. The van der Waals surface area contributed by atoms with Crippen molar-refractivity contribution in [1.82, 2.24) is 19.5 Å². The smallest absolute Gasteiger partial charge is 0.277 e. The van der Waals surface area contributed by atoms with E-state index in [1.54, 1.807) is 32.2 Å². The summed E-state index contributed by atoms with van der Waals surface area (Å²) in [6.45, 7) is 4.95. The minimum Gasteiger partial charge on any atom is -0.485 e. The van der Waals surface area contributed by atoms with Crippen molar-refractivity contribution in [2.24, 2.45) is 0 Å². The number of pyridine rings is 4. The second kappa shape index (κ2) is 9.32. The first-order chi connectivity index (χ1) is 17.5. The number of rotatable bonds is 5. The van der Waals surface area contributed by atoms with Gasteiger partial charge in [-0.25, -0.2) is 13.8 Å². The molecule has 0 saturated heterocycles. The highest BCUT2D eigenvalue weighted by Gasteiger charge is 2.34. The second-order valence-electron chi connectivity index (χ2n) is 9.31. The van der Waals surface area contributed by atoms with Crippen LogP contribution in [-0.4, -0.2) is 24.6 Å². The lowest BCUT2D eigenvalue weighted by Crippen LogP contribution is -2.23. The summed E-state index contributed by atoms with van der Waals surface area (Å²) in [4.78, 5) is 26.2. The number of fused-ring (bicyclic) bond motifs is 1. The van der Waals surface area contributed by atoms with Gasteiger partial charge in [0.05, 0.1) is 29.0 Å². The lowest BCUT2D eigenvalue weighted by molar-refractivity contribution is 0.0554. The Balaban J connectivity index is 1.51. The molecule has 0 amide bonds. The molecule has 0 fully saturated rings. The fourth-order valence-electron chi connectivity index (χ4n) is 4.47. The molecule has 7 nitrogen and oxygen atoms in total. The molecular formula is C27H23ClF2N4O3. The molecule has 190 valence electrons. The van der Waals surface area contributed by atoms with Gasteiger partial charge < -0.3 is 9.84 Å². The number of aliphatic hydroxyl groups is 1. The molecule has 0 saturated carbocycles. The lowest BCUT2D eigenvalue weighted by atomic mass is 10.0. The minimum atomic E-state index is -0.998. The summed E-state index contributed by atoms with van der Waals surface area (Å²) in [7, 11) is 0. The van der Waals surface area contributed by atoms with Crippen LogP contribution in [0.4, 0.5) is 8.78 Å². The summed E-state index contributed by atoms with van der Waals surface area (Å²) >= 11 is 6.37. The van der Waals surface area contributed by atoms with Crippen LogP contribution in [0.1, 0.15) is 41.6 Å². The predicted molar refractivity (Wildman–Crippen MR) is 134 cm³/mol. The van der Waals surface area contributed by atoms with Crippen LogP contribution in [0, 0.1) is 25.5 Å². The standard InChI is InChI=1S/C27H23ClF2N4O3/c1-14-11-31-20(19-5-4-16-6-7-27(3,36)25(16)33-19)10-22(14)34-15(2)8-23(24(28)26(34)35)37-13-21-18(30)9-17(29)12-32-21/h4-5,8-12,36H,6-7,13H2,1-3H3. The molecule has 0 aromatic carbocycles. The van der Waals surface area contributed by atoms with Crippen LogP contribution in [-0.2, 0) is 18.6 Å². The number of aryl methyl sites for hydroxylation is 3. The van der Waals surface area contributed by atoms with Crippen LogP contribution in [0.15, 0.2) is 47.5 Å². The average molecular weight is 525 g/mol. The van der Waals surface area contributed by atoms with E-state index in [2.05, 4.69) is 15.0 Å². The van der Waals surface area contributed by atoms with Crippen molar-refractivity contribution >= 4 is 11.6 Å². The predicted octanol–water partition coefficient (Wildman–Crippen LogP) is 4.97. The van der Waals surface area contributed by atoms with Gasteiger partial charge in [-0.1, -0.05) is 17.7 Å². The summed E-state index contributed by atoms with van der Waals surface area (Å²) in [6.07, 6.45) is 3.89. The number of aromatic nitrogens is 4. The first-order valence-corrected chi connectivity index (χ1v) is 12.0. The van der Waals surface area contributed by atoms with Crippen molar-refractivity contribution in [1.29, 1.82) is 0 Å². The normalized spacial score (nSPS) is 16.6. The fraction of sp³-hybridized carbons (Fsp3) is 0.259. The Morgan fingerprint density at radius 3 is 2.68 bits per heavy atom. The quantitative estimate of drug-likeness (QED) is 0.396. The van der Waals surface area contributed by atoms with Gasteiger partial charge in [0, 0.05) is 24.0 Å². The maximum absolute atomic E-state index is 13.9. The zero-order chi connectivity index (χ0) is 26.5. The van der Waals surface area contributed by atoms with Gasteiger partial charge in [-0.2, -0.15) is 0 Å². The zero-order valence-corrected chi connectivity index (χ0v) is 21.1. The zero-order valence-electron chi connectivity index (χ0n) is 20.3. The third-order valence-electron chi connectivity index (χ3n) is 6.50. The Bertz CT molecular complexity index is 1600. The highest BCUT2D eigenvalue weighted by atomic mass is 35.5. The molecule has 4 aromatic heterocycles. The van der Waals surface area contributed by atoms with Crippen LogP contribution in [0.25, 0.3) is 17.1 Å². The van der Waals surface area contributed by atoms with E-state index in [0.717, 1.165) is 23.7 Å². The molecule has 1 aliphatic rings. The summed E-state index contributed by atoms with van der Waals surface area (Å²) in [6, 6.07) is 7.81. The van der Waals surface area contributed by atoms with Crippen molar-refractivity contribution in [3.63, 3.8) is 0 Å². The molecule has 0 radical (unpaired) electrons. The molecule has 4 heterocycles. The van der Waals surface area contributed by atoms with Crippen molar-refractivity contribution < 1.29 is 18.6 Å². The topological polar surface area (TPSA) is 90.1 Å². The van der Waals surface area contributed by atoms with E-state index in [-0.39, 0.29) is 23.1 Å². The third-order valence-corrected chi connectivity index (χ3v) is 6.84. The third kappa shape index (κ3) is 4.60. The van der Waals surface area contributed by atoms with E-state index in [1.807, 2.05) is 19.1 Å². The van der Waals surface area contributed by atoms with Crippen molar-refractivity contribution in [3.8, 4) is 22.8 Å². The molecule has 1 N–H and O–H groups in total. The number of halogens is 3. The second-order valence-corrected chi connectivity index (χ2v) is 9.69. The summed E-state index contributed by atoms with van der Waals surface area (Å²) < 4.78 is 34.1. The molecule has 0 spiro atoms. The molecule has 0 bridgehead atoms. The van der Waals surface area contributed by atoms with E-state index < -0.39 is 22.8 Å². The number of hydrogen-bond donors (Lipinski definition) is 1. The van der Waals surface area contributed by atoms with Crippen LogP contribution in [0.5, 0.6) is 5.75 Å². The van der Waals surface area contributed by atoms with Crippen molar-refractivity contribution in [3.05, 3.63) is 97.9 Å². The Hall–Kier alpha value is -3.69. The van der Waals surface area contributed by atoms with E-state index in [0.29, 0.717) is 41.0 Å². The number of hydrogen-bond acceptors (Lipinski definition) is 6. The van der Waals surface area contributed by atoms with E-state index in [1.165, 1.54) is 4.57 Å². The van der Waals surface area contributed by atoms with Gasteiger partial charge in [0.25, 0.3) is 5.56 Å². The van der Waals surface area contributed by atoms with E-state index in [4.69, 9.17) is 16.3 Å². The summed E-state index contributed by atoms with van der Waals surface area (Å²) in [5, 5.41) is 10.5. The summed E-state index contributed by atoms with van der Waals surface area (Å²) in [5.41, 5.74) is 2.91. The van der Waals surface area contributed by atoms with Crippen molar-refractivity contribution in [2.45, 2.75) is 45.8 Å². The minimum absolute atomic E-state index is 0.0559. The molecule has 4 aromatic rings. The molecule has 1 unspecified atom stereocenters. The van der Waals surface area contributed by atoms with Gasteiger partial charge in [0.15, 0.2) is 5.82 Å². The lowest BCUT2D eigenvalue weighted by Gasteiger charge is -2.18. The van der Waals surface area contributed by atoms with Gasteiger partial charge in [-0.3, -0.25) is 19.3 Å². The van der Waals surface area contributed by atoms with Gasteiger partial charge in [-0.15, -0.1) is 0 Å². The largest absolute Gasteiger partial charge is 0.485 e. The van der Waals surface area contributed by atoms with Gasteiger partial charge in [-0.05, 0) is 56.9 Å². The highest BCUT2D eigenvalue weighted by Crippen LogP contribution is 2.36. The number of nitrogens with zero attached hydrogens (tertiary/aromatic N) is 4. The van der Waals surface area contributed by atoms with Gasteiger partial charge >= 0.3 is 0 Å². The molecule has 0 aliphatic heterocycles. The maximum atomic E-state index is 13.9. The first kappa shape index (κ1) is 25.0. The van der Waals surface area contributed by atoms with Crippen LogP contribution in [0.2, 0.25) is 5.02 Å². The van der Waals surface area contributed by atoms with Crippen LogP contribution < -0.4 is 10.3 Å². The number of ether oxygens (including phenoxy) is 1. The highest BCUT2D eigenvalue weighted by molar-refractivity contribution is 6.31. The molecular weight excluding hydrogens is 502 g/mol. The van der Waals surface area contributed by atoms with Gasteiger partial charge in [0.2, 0.25) is 0 Å². The Labute approximate surface area is 216 Å². The Morgan fingerprint density at radius 1 is 1.14 bits per heavy atom. The first-order valence-electron chi connectivity index (χ1n) is 11.6. The SMILES string of the molecule is Cc1cnc(-c2ccc3c(n2)C(C)(O)CC3)cc1-n1c(C)cc(OCc2ncc(F)cc2F)c(Cl)c1=O. The molecule has 10 heteroatoms. The van der Waals surface area contributed by atoms with Gasteiger partial charge in [0.1, 0.15) is 34.5 Å². The maximum Gasteiger partial charge on any atom is 0.277 e. The molecule has 1 aliphatic carbocycles. The fourth-order valence-corrected chi connectivity index (χ4v) is 4.66. The monoisotopic (exact) mass is 524 g/mol.